The standard InChI is InChI=1S/C22H29NO5/c1-4-28-20(25)8-14-11-22(26)19-10-16-13(2)7-15(27-3)9-17(16)21(22,5-6-23-19)12-18(14)24/h7,9,14,19,23,26H,4-6,8,10-12H2,1-3H3/t14-,19+,21+,22+/m0/s1. The van der Waals surface area contributed by atoms with Gasteiger partial charge in [0.2, 0.25) is 0 Å². The van der Waals surface area contributed by atoms with Crippen LogP contribution in [0.2, 0.25) is 0 Å². The van der Waals surface area contributed by atoms with E-state index in [0.29, 0.717) is 19.4 Å². The minimum atomic E-state index is -1.07. The van der Waals surface area contributed by atoms with Crippen molar-refractivity contribution in [1.29, 1.82) is 0 Å². The summed E-state index contributed by atoms with van der Waals surface area (Å²) in [5.74, 6) is -0.0576. The molecule has 152 valence electrons. The van der Waals surface area contributed by atoms with Crippen LogP contribution < -0.4 is 10.1 Å². The molecule has 1 saturated carbocycles. The quantitative estimate of drug-likeness (QED) is 0.767. The van der Waals surface area contributed by atoms with Crippen LogP contribution >= 0.6 is 0 Å². The van der Waals surface area contributed by atoms with Crippen molar-refractivity contribution in [2.24, 2.45) is 5.92 Å². The highest BCUT2D eigenvalue weighted by atomic mass is 16.5. The highest BCUT2D eigenvalue weighted by molar-refractivity contribution is 5.88. The van der Waals surface area contributed by atoms with Gasteiger partial charge in [-0.15, -0.1) is 0 Å². The highest BCUT2D eigenvalue weighted by Gasteiger charge is 2.65. The van der Waals surface area contributed by atoms with E-state index in [1.807, 2.05) is 12.1 Å². The SMILES string of the molecule is CCOC(=O)C[C@H]1C[C@@]2(O)[C@H]3Cc4c(C)cc(OC)cc4[C@@]2(CCN3)CC1=O. The van der Waals surface area contributed by atoms with Crippen LogP contribution in [0.1, 0.15) is 49.3 Å². The first-order chi connectivity index (χ1) is 13.3. The lowest BCUT2D eigenvalue weighted by atomic mass is 9.48. The van der Waals surface area contributed by atoms with Crippen LogP contribution in [0, 0.1) is 12.8 Å². The number of aryl methyl sites for hydroxylation is 1. The zero-order valence-corrected chi connectivity index (χ0v) is 16.8. The Kier molecular flexibility index (Phi) is 4.74. The third-order valence-corrected chi connectivity index (χ3v) is 7.16. The van der Waals surface area contributed by atoms with E-state index in [1.165, 1.54) is 5.56 Å². The molecule has 2 bridgehead atoms. The summed E-state index contributed by atoms with van der Waals surface area (Å²) in [6.07, 6.45) is 1.99. The molecule has 6 heteroatoms. The summed E-state index contributed by atoms with van der Waals surface area (Å²) in [6, 6.07) is 3.90. The van der Waals surface area contributed by atoms with Gasteiger partial charge in [0, 0.05) is 23.8 Å². The molecule has 3 aliphatic rings. The van der Waals surface area contributed by atoms with Crippen LogP contribution in [0.3, 0.4) is 0 Å². The number of ether oxygens (including phenoxy) is 2. The zero-order valence-electron chi connectivity index (χ0n) is 16.8. The Hall–Kier alpha value is -1.92. The Bertz CT molecular complexity index is 821. The van der Waals surface area contributed by atoms with Crippen LogP contribution in [0.4, 0.5) is 0 Å². The average Bonchev–Trinajstić information content (AvgIpc) is 2.63. The number of benzene rings is 1. The predicted molar refractivity (Wildman–Crippen MR) is 103 cm³/mol. The van der Waals surface area contributed by atoms with E-state index in [1.54, 1.807) is 14.0 Å². The van der Waals surface area contributed by atoms with Gasteiger partial charge in [0.05, 0.1) is 25.7 Å². The second-order valence-electron chi connectivity index (χ2n) is 8.49. The van der Waals surface area contributed by atoms with Gasteiger partial charge in [0.25, 0.3) is 0 Å². The monoisotopic (exact) mass is 387 g/mol. The second kappa shape index (κ2) is 6.85. The number of piperidine rings is 1. The lowest BCUT2D eigenvalue weighted by Crippen LogP contribution is -2.73. The Morgan fingerprint density at radius 1 is 1.39 bits per heavy atom. The number of hydrogen-bond acceptors (Lipinski definition) is 6. The molecule has 4 atom stereocenters. The minimum absolute atomic E-state index is 0.0434. The van der Waals surface area contributed by atoms with Crippen LogP contribution in [0.25, 0.3) is 0 Å². The molecule has 0 radical (unpaired) electrons. The van der Waals surface area contributed by atoms with E-state index in [9.17, 15) is 14.7 Å². The molecule has 1 heterocycles. The number of methoxy groups -OCH3 is 1. The van der Waals surface area contributed by atoms with Crippen molar-refractivity contribution in [2.45, 2.75) is 63.0 Å². The summed E-state index contributed by atoms with van der Waals surface area (Å²) in [5, 5.41) is 15.5. The highest BCUT2D eigenvalue weighted by Crippen LogP contribution is 2.57. The number of Topliss-reactive ketones (excluding diaryl/α,β-unsaturated/α-hetero) is 1. The van der Waals surface area contributed by atoms with Crippen LogP contribution in [-0.4, -0.2) is 48.8 Å². The Morgan fingerprint density at radius 3 is 2.89 bits per heavy atom. The first-order valence-electron chi connectivity index (χ1n) is 10.2. The number of carbonyl (C=O) groups is 2. The van der Waals surface area contributed by atoms with Gasteiger partial charge in [-0.1, -0.05) is 0 Å². The predicted octanol–water partition coefficient (Wildman–Crippen LogP) is 1.82. The summed E-state index contributed by atoms with van der Waals surface area (Å²) in [5.41, 5.74) is 1.69. The molecule has 0 amide bonds. The number of esters is 1. The van der Waals surface area contributed by atoms with Crippen molar-refractivity contribution < 1.29 is 24.2 Å². The van der Waals surface area contributed by atoms with Gasteiger partial charge in [-0.3, -0.25) is 9.59 Å². The molecule has 1 aliphatic heterocycles. The van der Waals surface area contributed by atoms with Gasteiger partial charge >= 0.3 is 5.97 Å². The smallest absolute Gasteiger partial charge is 0.306 e. The van der Waals surface area contributed by atoms with Crippen molar-refractivity contribution in [3.63, 3.8) is 0 Å². The Balaban J connectivity index is 1.78. The third kappa shape index (κ3) is 2.69. The summed E-state index contributed by atoms with van der Waals surface area (Å²) < 4.78 is 10.5. The molecule has 2 aliphatic carbocycles. The topological polar surface area (TPSA) is 84.9 Å². The van der Waals surface area contributed by atoms with Crippen LogP contribution in [0.5, 0.6) is 5.75 Å². The van der Waals surface area contributed by atoms with Gasteiger partial charge in [0.15, 0.2) is 0 Å². The van der Waals surface area contributed by atoms with E-state index in [4.69, 9.17) is 9.47 Å². The average molecular weight is 387 g/mol. The summed E-state index contributed by atoms with van der Waals surface area (Å²) in [4.78, 5) is 25.1. The van der Waals surface area contributed by atoms with Gasteiger partial charge < -0.3 is 19.9 Å². The van der Waals surface area contributed by atoms with E-state index in [2.05, 4.69) is 12.2 Å². The number of carbonyl (C=O) groups excluding carboxylic acids is 2. The Morgan fingerprint density at radius 2 is 2.18 bits per heavy atom. The first-order valence-corrected chi connectivity index (χ1v) is 10.2. The van der Waals surface area contributed by atoms with Gasteiger partial charge in [-0.25, -0.2) is 0 Å². The normalized spacial score (nSPS) is 33.6. The van der Waals surface area contributed by atoms with Crippen molar-refractivity contribution in [2.75, 3.05) is 20.3 Å². The maximum atomic E-state index is 13.1. The molecule has 2 N–H and O–H groups in total. The molecule has 0 unspecified atom stereocenters. The molecular weight excluding hydrogens is 358 g/mol. The van der Waals surface area contributed by atoms with E-state index >= 15 is 0 Å². The lowest BCUT2D eigenvalue weighted by molar-refractivity contribution is -0.164. The summed E-state index contributed by atoms with van der Waals surface area (Å²) in [7, 11) is 1.64. The van der Waals surface area contributed by atoms with Gasteiger partial charge in [-0.2, -0.15) is 0 Å². The number of fused-ring (bicyclic) bond motifs is 1. The number of rotatable bonds is 4. The maximum absolute atomic E-state index is 13.1. The fraction of sp³-hybridized carbons (Fsp3) is 0.636. The molecule has 6 nitrogen and oxygen atoms in total. The maximum Gasteiger partial charge on any atom is 0.306 e. The molecule has 0 aromatic heterocycles. The van der Waals surface area contributed by atoms with E-state index in [0.717, 1.165) is 23.4 Å². The van der Waals surface area contributed by atoms with Crippen LogP contribution in [-0.2, 0) is 26.2 Å². The second-order valence-corrected chi connectivity index (χ2v) is 8.49. The fourth-order valence-corrected chi connectivity index (χ4v) is 5.80. The largest absolute Gasteiger partial charge is 0.497 e. The molecule has 1 aromatic carbocycles. The number of aliphatic hydroxyl groups is 1. The van der Waals surface area contributed by atoms with E-state index < -0.39 is 16.9 Å². The molecule has 28 heavy (non-hydrogen) atoms. The van der Waals surface area contributed by atoms with Gasteiger partial charge in [0.1, 0.15) is 11.5 Å². The van der Waals surface area contributed by atoms with Crippen molar-refractivity contribution >= 4 is 11.8 Å². The van der Waals surface area contributed by atoms with Crippen molar-refractivity contribution in [3.8, 4) is 5.75 Å². The van der Waals surface area contributed by atoms with Gasteiger partial charge in [-0.05, 0) is 68.5 Å². The van der Waals surface area contributed by atoms with Crippen molar-refractivity contribution in [1.82, 2.24) is 5.32 Å². The molecule has 0 spiro atoms. The fourth-order valence-electron chi connectivity index (χ4n) is 5.80. The molecule has 2 fully saturated rings. The van der Waals surface area contributed by atoms with Crippen LogP contribution in [0.15, 0.2) is 12.1 Å². The minimum Gasteiger partial charge on any atom is -0.497 e. The van der Waals surface area contributed by atoms with Crippen molar-refractivity contribution in [3.05, 3.63) is 28.8 Å². The molecule has 1 aromatic rings. The molecule has 1 saturated heterocycles. The molecule has 4 rings (SSSR count). The first kappa shape index (κ1) is 19.4. The number of hydrogen-bond donors (Lipinski definition) is 2. The molecular formula is C22H29NO5. The lowest BCUT2D eigenvalue weighted by Gasteiger charge is -2.62. The summed E-state index contributed by atoms with van der Waals surface area (Å²) >= 11 is 0. The third-order valence-electron chi connectivity index (χ3n) is 7.16. The Labute approximate surface area is 165 Å². The number of nitrogens with one attached hydrogen (secondary N) is 1. The summed E-state index contributed by atoms with van der Waals surface area (Å²) in [6.45, 7) is 4.88. The van der Waals surface area contributed by atoms with E-state index in [-0.39, 0.29) is 37.1 Å². The number of ketones is 1. The zero-order chi connectivity index (χ0) is 20.1.